The Balaban J connectivity index is 1.13. The van der Waals surface area contributed by atoms with Crippen molar-refractivity contribution in [3.8, 4) is 5.75 Å². The van der Waals surface area contributed by atoms with Crippen molar-refractivity contribution < 1.29 is 22.7 Å². The normalized spacial score (nSPS) is 14.8. The predicted octanol–water partition coefficient (Wildman–Crippen LogP) is 6.46. The monoisotopic (exact) mass is 510 g/mol. The Kier molecular flexibility index (Phi) is 6.98. The van der Waals surface area contributed by atoms with E-state index in [9.17, 15) is 18.0 Å². The van der Waals surface area contributed by atoms with Crippen molar-refractivity contribution in [3.05, 3.63) is 99.7 Å². The number of fused-ring (bicyclic) bond motifs is 1. The summed E-state index contributed by atoms with van der Waals surface area (Å²) in [7, 11) is 0. The highest BCUT2D eigenvalue weighted by molar-refractivity contribution is 7.12. The summed E-state index contributed by atoms with van der Waals surface area (Å²) in [6, 6.07) is 21.4. The highest BCUT2D eigenvalue weighted by atomic mass is 32.1. The van der Waals surface area contributed by atoms with Crippen LogP contribution in [0, 0.1) is 0 Å². The SMILES string of the molecule is O=C(c1cc(COc2ccc3ccccc3c2)cs1)N1CCN(Cc2cccc(C(F)(F)F)c2)CC1. The minimum absolute atomic E-state index is 0.0179. The summed E-state index contributed by atoms with van der Waals surface area (Å²) < 4.78 is 44.9. The molecule has 0 N–H and O–H groups in total. The standard InChI is InChI=1S/C28H25F3N2O2S/c29-28(30,31)24-7-3-4-20(14-24)17-32-10-12-33(13-11-32)27(34)26-15-21(19-36-26)18-35-25-9-8-22-5-1-2-6-23(22)16-25/h1-9,14-16,19H,10-13,17-18H2. The molecule has 0 spiro atoms. The molecule has 4 aromatic rings. The van der Waals surface area contributed by atoms with Crippen LogP contribution in [0.4, 0.5) is 13.2 Å². The van der Waals surface area contributed by atoms with E-state index in [0.717, 1.165) is 28.2 Å². The molecule has 1 aromatic heterocycles. The molecule has 0 bridgehead atoms. The largest absolute Gasteiger partial charge is 0.489 e. The first kappa shape index (κ1) is 24.3. The highest BCUT2D eigenvalue weighted by Crippen LogP contribution is 2.30. The van der Waals surface area contributed by atoms with Crippen LogP contribution in [-0.2, 0) is 19.3 Å². The van der Waals surface area contributed by atoms with Gasteiger partial charge in [-0.25, -0.2) is 0 Å². The second-order valence-corrected chi connectivity index (χ2v) is 9.79. The summed E-state index contributed by atoms with van der Waals surface area (Å²) >= 11 is 1.40. The van der Waals surface area contributed by atoms with Crippen LogP contribution in [0.2, 0.25) is 0 Å². The molecule has 36 heavy (non-hydrogen) atoms. The van der Waals surface area contributed by atoms with E-state index in [4.69, 9.17) is 4.74 Å². The van der Waals surface area contributed by atoms with E-state index in [-0.39, 0.29) is 5.91 Å². The Bertz CT molecular complexity index is 1360. The van der Waals surface area contributed by atoms with Gasteiger partial charge in [0, 0.05) is 38.3 Å². The van der Waals surface area contributed by atoms with E-state index < -0.39 is 11.7 Å². The molecule has 4 nitrogen and oxygen atoms in total. The second kappa shape index (κ2) is 10.3. The summed E-state index contributed by atoms with van der Waals surface area (Å²) in [6.07, 6.45) is -4.35. The van der Waals surface area contributed by atoms with Gasteiger partial charge in [-0.05, 0) is 46.0 Å². The predicted molar refractivity (Wildman–Crippen MR) is 135 cm³/mol. The fraction of sp³-hybridized carbons (Fsp3) is 0.250. The Morgan fingerprint density at radius 1 is 0.861 bits per heavy atom. The summed E-state index contributed by atoms with van der Waals surface area (Å²) in [6.45, 7) is 3.13. The van der Waals surface area contributed by atoms with E-state index >= 15 is 0 Å². The smallest absolute Gasteiger partial charge is 0.416 e. The number of thiophene rings is 1. The van der Waals surface area contributed by atoms with Crippen molar-refractivity contribution in [1.29, 1.82) is 0 Å². The maximum absolute atomic E-state index is 13.0. The minimum atomic E-state index is -4.35. The zero-order chi connectivity index (χ0) is 25.1. The van der Waals surface area contributed by atoms with Crippen LogP contribution in [-0.4, -0.2) is 41.9 Å². The fourth-order valence-corrected chi connectivity index (χ4v) is 5.22. The summed E-state index contributed by atoms with van der Waals surface area (Å²) in [4.78, 5) is 17.6. The maximum atomic E-state index is 13.0. The number of hydrogen-bond donors (Lipinski definition) is 0. The Hall–Kier alpha value is -3.36. The van der Waals surface area contributed by atoms with E-state index in [1.165, 1.54) is 23.5 Å². The molecule has 0 saturated carbocycles. The van der Waals surface area contributed by atoms with Gasteiger partial charge < -0.3 is 9.64 Å². The minimum Gasteiger partial charge on any atom is -0.489 e. The molecule has 186 valence electrons. The van der Waals surface area contributed by atoms with Gasteiger partial charge in [0.15, 0.2) is 0 Å². The van der Waals surface area contributed by atoms with Crippen molar-refractivity contribution in [2.75, 3.05) is 26.2 Å². The van der Waals surface area contributed by atoms with E-state index in [2.05, 4.69) is 11.0 Å². The van der Waals surface area contributed by atoms with Crippen LogP contribution in [0.1, 0.15) is 26.4 Å². The third-order valence-electron chi connectivity index (χ3n) is 6.31. The van der Waals surface area contributed by atoms with Gasteiger partial charge in [0.1, 0.15) is 12.4 Å². The van der Waals surface area contributed by atoms with Gasteiger partial charge in [-0.3, -0.25) is 9.69 Å². The number of ether oxygens (including phenoxy) is 1. The van der Waals surface area contributed by atoms with Crippen molar-refractivity contribution >= 4 is 28.0 Å². The van der Waals surface area contributed by atoms with Crippen LogP contribution in [0.3, 0.4) is 0 Å². The average Bonchev–Trinajstić information content (AvgIpc) is 3.36. The first-order valence-electron chi connectivity index (χ1n) is 11.7. The topological polar surface area (TPSA) is 32.8 Å². The molecule has 0 atom stereocenters. The zero-order valence-electron chi connectivity index (χ0n) is 19.5. The third-order valence-corrected chi connectivity index (χ3v) is 7.28. The molecular weight excluding hydrogens is 485 g/mol. The first-order valence-corrected chi connectivity index (χ1v) is 12.6. The molecule has 2 heterocycles. The number of alkyl halides is 3. The van der Waals surface area contributed by atoms with Crippen molar-refractivity contribution in [2.45, 2.75) is 19.3 Å². The lowest BCUT2D eigenvalue weighted by atomic mass is 10.1. The summed E-state index contributed by atoms with van der Waals surface area (Å²) in [5.74, 6) is 0.764. The zero-order valence-corrected chi connectivity index (χ0v) is 20.3. The number of piperazine rings is 1. The van der Waals surface area contributed by atoms with Gasteiger partial charge >= 0.3 is 6.18 Å². The molecule has 0 unspecified atom stereocenters. The molecule has 0 radical (unpaired) electrons. The third kappa shape index (κ3) is 5.71. The van der Waals surface area contributed by atoms with Crippen molar-refractivity contribution in [1.82, 2.24) is 9.80 Å². The van der Waals surface area contributed by atoms with Gasteiger partial charge in [-0.15, -0.1) is 11.3 Å². The van der Waals surface area contributed by atoms with Crippen LogP contribution in [0.5, 0.6) is 5.75 Å². The average molecular weight is 511 g/mol. The number of carbonyl (C=O) groups is 1. The quantitative estimate of drug-likeness (QED) is 0.299. The van der Waals surface area contributed by atoms with Gasteiger partial charge in [0.25, 0.3) is 5.91 Å². The van der Waals surface area contributed by atoms with Gasteiger partial charge in [0.2, 0.25) is 0 Å². The number of nitrogens with zero attached hydrogens (tertiary/aromatic N) is 2. The lowest BCUT2D eigenvalue weighted by Crippen LogP contribution is -2.48. The number of hydrogen-bond acceptors (Lipinski definition) is 4. The maximum Gasteiger partial charge on any atom is 0.416 e. The lowest BCUT2D eigenvalue weighted by Gasteiger charge is -2.34. The summed E-state index contributed by atoms with van der Waals surface area (Å²) in [5, 5.41) is 4.21. The highest BCUT2D eigenvalue weighted by Gasteiger charge is 2.30. The number of benzene rings is 3. The first-order chi connectivity index (χ1) is 17.3. The van der Waals surface area contributed by atoms with E-state index in [1.54, 1.807) is 6.07 Å². The number of carbonyl (C=O) groups excluding carboxylic acids is 1. The second-order valence-electron chi connectivity index (χ2n) is 8.88. The van der Waals surface area contributed by atoms with E-state index in [0.29, 0.717) is 49.8 Å². The van der Waals surface area contributed by atoms with E-state index in [1.807, 2.05) is 52.7 Å². The fourth-order valence-electron chi connectivity index (χ4n) is 4.36. The number of rotatable bonds is 6. The van der Waals surface area contributed by atoms with Crippen LogP contribution in [0.15, 0.2) is 78.2 Å². The van der Waals surface area contributed by atoms with Crippen LogP contribution in [0.25, 0.3) is 10.8 Å². The Labute approximate surface area is 211 Å². The Morgan fingerprint density at radius 3 is 2.42 bits per heavy atom. The van der Waals surface area contributed by atoms with Gasteiger partial charge in [-0.2, -0.15) is 13.2 Å². The molecule has 1 saturated heterocycles. The molecule has 1 fully saturated rings. The van der Waals surface area contributed by atoms with Gasteiger partial charge in [-0.1, -0.05) is 48.5 Å². The Morgan fingerprint density at radius 2 is 1.64 bits per heavy atom. The van der Waals surface area contributed by atoms with Crippen LogP contribution < -0.4 is 4.74 Å². The molecule has 5 rings (SSSR count). The lowest BCUT2D eigenvalue weighted by molar-refractivity contribution is -0.137. The molecule has 3 aromatic carbocycles. The molecule has 0 aliphatic carbocycles. The molecule has 1 amide bonds. The molecule has 8 heteroatoms. The molecule has 1 aliphatic heterocycles. The number of amides is 1. The van der Waals surface area contributed by atoms with Crippen molar-refractivity contribution in [2.24, 2.45) is 0 Å². The molecule has 1 aliphatic rings. The van der Waals surface area contributed by atoms with Gasteiger partial charge in [0.05, 0.1) is 10.4 Å². The molecular formula is C28H25F3N2O2S. The number of halogens is 3. The van der Waals surface area contributed by atoms with Crippen molar-refractivity contribution in [3.63, 3.8) is 0 Å². The van der Waals surface area contributed by atoms with Crippen LogP contribution >= 0.6 is 11.3 Å². The summed E-state index contributed by atoms with van der Waals surface area (Å²) in [5.41, 5.74) is 0.936.